The predicted molar refractivity (Wildman–Crippen MR) is 123 cm³/mol. The van der Waals surface area contributed by atoms with Crippen molar-refractivity contribution < 1.29 is 9.53 Å². The van der Waals surface area contributed by atoms with Gasteiger partial charge in [0.15, 0.2) is 0 Å². The molecule has 0 bridgehead atoms. The molecule has 0 unspecified atom stereocenters. The highest BCUT2D eigenvalue weighted by molar-refractivity contribution is 5.72. The minimum Gasteiger partial charge on any atom is -0.466 e. The van der Waals surface area contributed by atoms with Gasteiger partial charge in [0.1, 0.15) is 0 Å². The highest BCUT2D eigenvalue weighted by Gasteiger charge is 2.15. The Kier molecular flexibility index (Phi) is 19.6. The molecule has 0 saturated heterocycles. The molecule has 0 aromatic carbocycles. The van der Waals surface area contributed by atoms with Gasteiger partial charge >= 0.3 is 5.97 Å². The van der Waals surface area contributed by atoms with E-state index in [1.165, 1.54) is 0 Å². The van der Waals surface area contributed by atoms with E-state index in [0.29, 0.717) is 6.61 Å². The molecule has 0 radical (unpaired) electrons. The molecular formula is C26H40O2. The molecule has 1 atom stereocenters. The van der Waals surface area contributed by atoms with E-state index in [9.17, 15) is 4.79 Å². The Hall–Kier alpha value is -2.09. The van der Waals surface area contributed by atoms with Gasteiger partial charge in [-0.1, -0.05) is 86.8 Å². The van der Waals surface area contributed by atoms with Crippen LogP contribution in [0.4, 0.5) is 0 Å². The van der Waals surface area contributed by atoms with E-state index < -0.39 is 0 Å². The summed E-state index contributed by atoms with van der Waals surface area (Å²) in [5.74, 6) is -0.0888. The average molecular weight is 385 g/mol. The highest BCUT2D eigenvalue weighted by atomic mass is 16.5. The van der Waals surface area contributed by atoms with Crippen LogP contribution in [0.5, 0.6) is 0 Å². The second-order valence-corrected chi connectivity index (χ2v) is 6.51. The van der Waals surface area contributed by atoms with Crippen LogP contribution in [0.1, 0.15) is 72.1 Å². The fraction of sp³-hybridized carbons (Fsp3) is 0.500. The van der Waals surface area contributed by atoms with E-state index >= 15 is 0 Å². The molecule has 0 aromatic heterocycles. The number of ether oxygens (including phenoxy) is 1. The van der Waals surface area contributed by atoms with Gasteiger partial charge in [-0.15, -0.1) is 0 Å². The lowest BCUT2D eigenvalue weighted by Crippen LogP contribution is -2.16. The van der Waals surface area contributed by atoms with E-state index in [1.807, 2.05) is 13.8 Å². The quantitative estimate of drug-likeness (QED) is 0.202. The number of carbonyl (C=O) groups is 1. The van der Waals surface area contributed by atoms with Gasteiger partial charge in [-0.3, -0.25) is 4.79 Å². The first-order valence-corrected chi connectivity index (χ1v) is 10.8. The first-order valence-electron chi connectivity index (χ1n) is 10.8. The summed E-state index contributed by atoms with van der Waals surface area (Å²) in [6.07, 6.45) is 33.8. The smallest absolute Gasteiger partial charge is 0.309 e. The Balaban J connectivity index is 3.74. The molecule has 28 heavy (non-hydrogen) atoms. The van der Waals surface area contributed by atoms with Crippen molar-refractivity contribution >= 4 is 5.97 Å². The maximum atomic E-state index is 11.7. The number of rotatable bonds is 16. The summed E-state index contributed by atoms with van der Waals surface area (Å²) >= 11 is 0. The zero-order valence-corrected chi connectivity index (χ0v) is 18.2. The van der Waals surface area contributed by atoms with E-state index in [0.717, 1.165) is 51.4 Å². The molecule has 0 aromatic rings. The molecule has 2 heteroatoms. The Bertz CT molecular complexity index is 533. The summed E-state index contributed by atoms with van der Waals surface area (Å²) in [7, 11) is 0. The number of hydrogen-bond acceptors (Lipinski definition) is 2. The third-order valence-corrected chi connectivity index (χ3v) is 4.13. The van der Waals surface area contributed by atoms with Crippen LogP contribution in [0.25, 0.3) is 0 Å². The summed E-state index contributed by atoms with van der Waals surface area (Å²) in [4.78, 5) is 11.7. The zero-order valence-electron chi connectivity index (χ0n) is 18.2. The van der Waals surface area contributed by atoms with Crippen molar-refractivity contribution in [3.63, 3.8) is 0 Å². The SMILES string of the molecule is CCC=CCC=CCC=CCC=CCC=CCC=CC[C@@H](CC)C(=O)OCC. The number of esters is 1. The molecule has 156 valence electrons. The van der Waals surface area contributed by atoms with Crippen molar-refractivity contribution in [2.24, 2.45) is 5.92 Å². The molecule has 0 aliphatic rings. The van der Waals surface area contributed by atoms with E-state index in [2.05, 4.69) is 79.8 Å². The Morgan fingerprint density at radius 1 is 0.643 bits per heavy atom. The topological polar surface area (TPSA) is 26.3 Å². The number of allylic oxidation sites excluding steroid dienone is 12. The Morgan fingerprint density at radius 3 is 1.39 bits per heavy atom. The summed E-state index contributed by atoms with van der Waals surface area (Å²) in [6, 6.07) is 0. The van der Waals surface area contributed by atoms with Crippen LogP contribution in [0.3, 0.4) is 0 Å². The van der Waals surface area contributed by atoms with Crippen LogP contribution in [0, 0.1) is 5.92 Å². The van der Waals surface area contributed by atoms with Crippen LogP contribution < -0.4 is 0 Å². The van der Waals surface area contributed by atoms with Gasteiger partial charge in [-0.25, -0.2) is 0 Å². The Morgan fingerprint density at radius 2 is 1.04 bits per heavy atom. The van der Waals surface area contributed by atoms with Gasteiger partial charge in [0.2, 0.25) is 0 Å². The fourth-order valence-electron chi connectivity index (χ4n) is 2.47. The van der Waals surface area contributed by atoms with Crippen LogP contribution >= 0.6 is 0 Å². The Labute approximate surface area is 173 Å². The van der Waals surface area contributed by atoms with Crippen molar-refractivity contribution in [1.82, 2.24) is 0 Å². The molecule has 0 aliphatic carbocycles. The molecular weight excluding hydrogens is 344 g/mol. The summed E-state index contributed by atoms with van der Waals surface area (Å²) in [6.45, 7) is 6.49. The third-order valence-electron chi connectivity index (χ3n) is 4.13. The van der Waals surface area contributed by atoms with Crippen LogP contribution in [0.2, 0.25) is 0 Å². The fourth-order valence-corrected chi connectivity index (χ4v) is 2.47. The van der Waals surface area contributed by atoms with Gasteiger partial charge < -0.3 is 4.74 Å². The first-order chi connectivity index (χ1) is 13.8. The largest absolute Gasteiger partial charge is 0.466 e. The van der Waals surface area contributed by atoms with E-state index in [-0.39, 0.29) is 11.9 Å². The third kappa shape index (κ3) is 17.3. The lowest BCUT2D eigenvalue weighted by atomic mass is 10.0. The minimum atomic E-state index is -0.0791. The van der Waals surface area contributed by atoms with Crippen molar-refractivity contribution in [2.75, 3.05) is 6.61 Å². The molecule has 0 heterocycles. The number of hydrogen-bond donors (Lipinski definition) is 0. The summed E-state index contributed by atoms with van der Waals surface area (Å²) < 4.78 is 5.08. The van der Waals surface area contributed by atoms with Crippen molar-refractivity contribution in [2.45, 2.75) is 72.1 Å². The normalized spacial score (nSPS) is 14.0. The molecule has 0 N–H and O–H groups in total. The molecule has 0 fully saturated rings. The molecule has 0 rings (SSSR count). The van der Waals surface area contributed by atoms with Crippen molar-refractivity contribution in [3.05, 3.63) is 72.9 Å². The van der Waals surface area contributed by atoms with Crippen LogP contribution in [-0.4, -0.2) is 12.6 Å². The van der Waals surface area contributed by atoms with Gasteiger partial charge in [-0.05, 0) is 58.3 Å². The second-order valence-electron chi connectivity index (χ2n) is 6.51. The summed E-state index contributed by atoms with van der Waals surface area (Å²) in [5.41, 5.74) is 0. The molecule has 0 aliphatic heterocycles. The van der Waals surface area contributed by atoms with E-state index in [4.69, 9.17) is 4.74 Å². The molecule has 0 spiro atoms. The standard InChI is InChI=1S/C26H40O2/c1-4-7-8-9-10-11-12-13-14-15-16-17-18-19-20-21-22-23-24-25(5-2)26(27)28-6-3/h7-8,10-11,13-14,16-17,19-20,22-23,25H,4-6,9,12,15,18,21,24H2,1-3H3/t25-/m1/s1. The van der Waals surface area contributed by atoms with Gasteiger partial charge in [-0.2, -0.15) is 0 Å². The second kappa shape index (κ2) is 21.2. The first kappa shape index (κ1) is 25.9. The maximum absolute atomic E-state index is 11.7. The maximum Gasteiger partial charge on any atom is 0.309 e. The number of carbonyl (C=O) groups excluding carboxylic acids is 1. The summed E-state index contributed by atoms with van der Waals surface area (Å²) in [5, 5.41) is 0. The lowest BCUT2D eigenvalue weighted by molar-refractivity contribution is -0.148. The van der Waals surface area contributed by atoms with E-state index in [1.54, 1.807) is 0 Å². The van der Waals surface area contributed by atoms with Gasteiger partial charge in [0.25, 0.3) is 0 Å². The van der Waals surface area contributed by atoms with Crippen molar-refractivity contribution in [3.8, 4) is 0 Å². The lowest BCUT2D eigenvalue weighted by Gasteiger charge is -2.10. The van der Waals surface area contributed by atoms with Crippen LogP contribution in [-0.2, 0) is 9.53 Å². The van der Waals surface area contributed by atoms with Crippen molar-refractivity contribution in [1.29, 1.82) is 0 Å². The highest BCUT2D eigenvalue weighted by Crippen LogP contribution is 2.11. The monoisotopic (exact) mass is 384 g/mol. The zero-order chi connectivity index (χ0) is 20.7. The van der Waals surface area contributed by atoms with Gasteiger partial charge in [0.05, 0.1) is 12.5 Å². The molecule has 0 amide bonds. The molecule has 2 nitrogen and oxygen atoms in total. The average Bonchev–Trinajstić information content (AvgIpc) is 2.70. The minimum absolute atomic E-state index is 0.00967. The predicted octanol–water partition coefficient (Wildman–Crippen LogP) is 7.66. The molecule has 0 saturated carbocycles. The van der Waals surface area contributed by atoms with Crippen LogP contribution in [0.15, 0.2) is 72.9 Å². The van der Waals surface area contributed by atoms with Gasteiger partial charge in [0, 0.05) is 0 Å².